The van der Waals surface area contributed by atoms with E-state index in [2.05, 4.69) is 17.4 Å². The number of hydrogen-bond donors (Lipinski definition) is 1. The predicted octanol–water partition coefficient (Wildman–Crippen LogP) is 4.76. The Hall–Kier alpha value is -2.99. The molecule has 2 bridgehead atoms. The molecule has 0 saturated heterocycles. The molecule has 0 radical (unpaired) electrons. The fraction of sp³-hybridized carbons (Fsp3) is 0.250. The zero-order valence-corrected chi connectivity index (χ0v) is 17.7. The van der Waals surface area contributed by atoms with Crippen LogP contribution >= 0.6 is 11.8 Å². The zero-order chi connectivity index (χ0) is 21.2. The highest BCUT2D eigenvalue weighted by Gasteiger charge is 2.20. The zero-order valence-electron chi connectivity index (χ0n) is 16.9. The number of thioether (sulfide) groups is 1. The van der Waals surface area contributed by atoms with Crippen molar-refractivity contribution < 1.29 is 18.7 Å². The van der Waals surface area contributed by atoms with Gasteiger partial charge in [0, 0.05) is 13.3 Å². The van der Waals surface area contributed by atoms with E-state index in [4.69, 9.17) is 9.15 Å². The van der Waals surface area contributed by atoms with Crippen molar-refractivity contribution >= 4 is 23.5 Å². The summed E-state index contributed by atoms with van der Waals surface area (Å²) in [6.45, 7) is 2.19. The van der Waals surface area contributed by atoms with Gasteiger partial charge in [-0.25, -0.2) is 0 Å². The number of rotatable bonds is 8. The molecule has 0 unspecified atom stereocenters. The van der Waals surface area contributed by atoms with Gasteiger partial charge < -0.3 is 14.5 Å². The second kappa shape index (κ2) is 11.3. The maximum absolute atomic E-state index is 12.3. The van der Waals surface area contributed by atoms with E-state index in [9.17, 15) is 9.59 Å². The molecular weight excluding hydrogens is 398 g/mol. The standard InChI is InChI=1S/C17H19NO3S.C7H6O/c1-13(19)18-17(22-12-15-8-5-11-21-15)16(20)10-9-14-6-3-2-4-7-14;1-2-6-4-7(3-1)8-5-6/h2-8,11,17H,9-10,12H2,1H3,(H,18,19);1-4H,5H2/t17-;/m0./s1. The Labute approximate surface area is 180 Å². The second-order valence-corrected chi connectivity index (χ2v) is 7.95. The van der Waals surface area contributed by atoms with Crippen LogP contribution in [0.1, 0.15) is 30.2 Å². The lowest BCUT2D eigenvalue weighted by molar-refractivity contribution is -0.124. The van der Waals surface area contributed by atoms with E-state index in [1.165, 1.54) is 24.2 Å². The minimum atomic E-state index is -0.536. The van der Waals surface area contributed by atoms with Crippen molar-refractivity contribution in [3.8, 4) is 5.75 Å². The Morgan fingerprint density at radius 2 is 1.90 bits per heavy atom. The van der Waals surface area contributed by atoms with Gasteiger partial charge in [0.15, 0.2) is 5.78 Å². The largest absolute Gasteiger partial charge is 0.489 e. The first kappa shape index (κ1) is 21.7. The molecule has 1 amide bonds. The van der Waals surface area contributed by atoms with Crippen LogP contribution in [0, 0.1) is 0 Å². The van der Waals surface area contributed by atoms with E-state index in [-0.39, 0.29) is 11.7 Å². The number of amides is 1. The van der Waals surface area contributed by atoms with Crippen LogP contribution in [0.3, 0.4) is 0 Å². The summed E-state index contributed by atoms with van der Waals surface area (Å²) in [5.41, 5.74) is 2.40. The maximum Gasteiger partial charge on any atom is 0.218 e. The van der Waals surface area contributed by atoms with E-state index in [1.54, 1.807) is 12.3 Å². The van der Waals surface area contributed by atoms with Crippen LogP contribution in [0.15, 0.2) is 77.4 Å². The molecule has 3 aromatic rings. The molecule has 1 aromatic heterocycles. The van der Waals surface area contributed by atoms with Gasteiger partial charge in [0.05, 0.1) is 12.0 Å². The molecule has 1 atom stereocenters. The molecule has 0 saturated carbocycles. The molecule has 5 nitrogen and oxygen atoms in total. The fourth-order valence-electron chi connectivity index (χ4n) is 2.89. The monoisotopic (exact) mass is 423 g/mol. The van der Waals surface area contributed by atoms with Crippen LogP contribution in [-0.2, 0) is 28.4 Å². The molecule has 1 aliphatic heterocycles. The molecule has 1 N–H and O–H groups in total. The first-order chi connectivity index (χ1) is 14.6. The number of Topliss-reactive ketones (excluding diaryl/α,β-unsaturated/α-hetero) is 1. The van der Waals surface area contributed by atoms with Gasteiger partial charge in [-0.3, -0.25) is 9.59 Å². The van der Waals surface area contributed by atoms with Crippen molar-refractivity contribution in [3.05, 3.63) is 89.9 Å². The topological polar surface area (TPSA) is 68.5 Å². The van der Waals surface area contributed by atoms with E-state index in [0.29, 0.717) is 18.6 Å². The fourth-order valence-corrected chi connectivity index (χ4v) is 3.94. The molecule has 30 heavy (non-hydrogen) atoms. The number of carbonyl (C=O) groups is 2. The van der Waals surface area contributed by atoms with Crippen LogP contribution in [0.4, 0.5) is 0 Å². The Bertz CT molecular complexity index is 922. The number of hydrogen-bond acceptors (Lipinski definition) is 5. The van der Waals surface area contributed by atoms with Crippen molar-refractivity contribution in [1.29, 1.82) is 0 Å². The Balaban J connectivity index is 0.000000263. The maximum atomic E-state index is 12.3. The van der Waals surface area contributed by atoms with Crippen LogP contribution in [0.25, 0.3) is 0 Å². The minimum Gasteiger partial charge on any atom is -0.489 e. The number of carbonyl (C=O) groups excluding carboxylic acids is 2. The normalized spacial score (nSPS) is 12.3. The third-order valence-corrected chi connectivity index (χ3v) is 5.57. The Morgan fingerprint density at radius 3 is 2.57 bits per heavy atom. The van der Waals surface area contributed by atoms with Crippen molar-refractivity contribution in [3.63, 3.8) is 0 Å². The highest BCUT2D eigenvalue weighted by Crippen LogP contribution is 2.21. The molecular formula is C24H25NO4S. The number of nitrogens with one attached hydrogen (secondary N) is 1. The van der Waals surface area contributed by atoms with Gasteiger partial charge >= 0.3 is 0 Å². The average Bonchev–Trinajstić information content (AvgIpc) is 3.39. The van der Waals surface area contributed by atoms with Gasteiger partial charge in [0.25, 0.3) is 0 Å². The summed E-state index contributed by atoms with van der Waals surface area (Å²) in [7, 11) is 0. The first-order valence-corrected chi connectivity index (χ1v) is 10.8. The van der Waals surface area contributed by atoms with Crippen molar-refractivity contribution in [2.75, 3.05) is 0 Å². The molecule has 156 valence electrons. The molecule has 2 heterocycles. The lowest BCUT2D eigenvalue weighted by Crippen LogP contribution is -2.37. The number of furan rings is 1. The van der Waals surface area contributed by atoms with Gasteiger partial charge in [-0.05, 0) is 41.8 Å². The smallest absolute Gasteiger partial charge is 0.218 e. The van der Waals surface area contributed by atoms with Gasteiger partial charge in [0.1, 0.15) is 23.5 Å². The average molecular weight is 424 g/mol. The SMILES string of the molecule is CC(=O)N[C@@H](SCc1ccco1)C(=O)CCc1ccccc1.c1cc2cc(c1)OC2. The predicted molar refractivity (Wildman–Crippen MR) is 118 cm³/mol. The Kier molecular flexibility index (Phi) is 8.15. The Morgan fingerprint density at radius 1 is 1.07 bits per heavy atom. The number of benzene rings is 2. The van der Waals surface area contributed by atoms with Crippen LogP contribution in [0.5, 0.6) is 5.75 Å². The number of aryl methyl sites for hydroxylation is 1. The van der Waals surface area contributed by atoms with E-state index in [0.717, 1.165) is 23.7 Å². The summed E-state index contributed by atoms with van der Waals surface area (Å²) in [6.07, 6.45) is 2.68. The number of ether oxygens (including phenoxy) is 1. The van der Waals surface area contributed by atoms with Crippen LogP contribution in [0.2, 0.25) is 0 Å². The van der Waals surface area contributed by atoms with Crippen LogP contribution in [-0.4, -0.2) is 17.1 Å². The van der Waals surface area contributed by atoms with Crippen LogP contribution < -0.4 is 10.1 Å². The summed E-state index contributed by atoms with van der Waals surface area (Å²) in [5, 5.41) is 2.18. The van der Waals surface area contributed by atoms with Gasteiger partial charge in [-0.15, -0.1) is 11.8 Å². The van der Waals surface area contributed by atoms with Crippen molar-refractivity contribution in [2.45, 2.75) is 37.5 Å². The van der Waals surface area contributed by atoms with E-state index in [1.807, 2.05) is 48.5 Å². The highest BCUT2D eigenvalue weighted by atomic mass is 32.2. The molecule has 1 aliphatic rings. The van der Waals surface area contributed by atoms with Gasteiger partial charge in [-0.2, -0.15) is 0 Å². The molecule has 0 aliphatic carbocycles. The second-order valence-electron chi connectivity index (χ2n) is 6.86. The van der Waals surface area contributed by atoms with Crippen molar-refractivity contribution in [2.24, 2.45) is 0 Å². The summed E-state index contributed by atoms with van der Waals surface area (Å²) < 4.78 is 10.4. The molecule has 2 aromatic carbocycles. The van der Waals surface area contributed by atoms with Gasteiger partial charge in [-0.1, -0.05) is 42.5 Å². The first-order valence-electron chi connectivity index (χ1n) is 9.79. The lowest BCUT2D eigenvalue weighted by atomic mass is 10.1. The number of ketones is 1. The number of fused-ring (bicyclic) bond motifs is 2. The molecule has 0 fully saturated rings. The third kappa shape index (κ3) is 7.12. The lowest BCUT2D eigenvalue weighted by Gasteiger charge is -2.15. The molecule has 0 spiro atoms. The molecule has 4 rings (SSSR count). The van der Waals surface area contributed by atoms with E-state index < -0.39 is 5.37 Å². The highest BCUT2D eigenvalue weighted by molar-refractivity contribution is 7.99. The quantitative estimate of drug-likeness (QED) is 0.529. The third-order valence-electron chi connectivity index (χ3n) is 4.41. The summed E-state index contributed by atoms with van der Waals surface area (Å²) in [6, 6.07) is 21.6. The summed E-state index contributed by atoms with van der Waals surface area (Å²) in [4.78, 5) is 23.6. The minimum absolute atomic E-state index is 0.0237. The van der Waals surface area contributed by atoms with E-state index >= 15 is 0 Å². The van der Waals surface area contributed by atoms with Crippen molar-refractivity contribution in [1.82, 2.24) is 5.32 Å². The summed E-state index contributed by atoms with van der Waals surface area (Å²) in [5.74, 6) is 2.16. The van der Waals surface area contributed by atoms with Gasteiger partial charge in [0.2, 0.25) is 5.91 Å². The molecule has 6 heteroatoms. The summed E-state index contributed by atoms with van der Waals surface area (Å²) >= 11 is 1.38.